The van der Waals surface area contributed by atoms with Crippen LogP contribution in [-0.4, -0.2) is 23.5 Å². The van der Waals surface area contributed by atoms with Gasteiger partial charge in [-0.2, -0.15) is 0 Å². The van der Waals surface area contributed by atoms with Gasteiger partial charge in [0.15, 0.2) is 0 Å². The Kier molecular flexibility index (Phi) is 1.88. The molecule has 0 N–H and O–H groups in total. The van der Waals surface area contributed by atoms with Crippen LogP contribution in [0.5, 0.6) is 0 Å². The van der Waals surface area contributed by atoms with Gasteiger partial charge in [-0.25, -0.2) is 0 Å². The number of rotatable bonds is 0. The van der Waals surface area contributed by atoms with Crippen molar-refractivity contribution < 1.29 is 0 Å². The van der Waals surface area contributed by atoms with E-state index in [4.69, 9.17) is 0 Å². The molecule has 0 saturated carbocycles. The van der Waals surface area contributed by atoms with E-state index in [2.05, 4.69) is 38.7 Å². The van der Waals surface area contributed by atoms with Crippen molar-refractivity contribution in [1.29, 1.82) is 0 Å². The summed E-state index contributed by atoms with van der Waals surface area (Å²) in [6, 6.07) is 0. The predicted molar refractivity (Wildman–Crippen MR) is 56.7 cm³/mol. The van der Waals surface area contributed by atoms with E-state index in [0.717, 1.165) is 0 Å². The largest absolute Gasteiger partial charge is 0.290 e. The summed E-state index contributed by atoms with van der Waals surface area (Å²) < 4.78 is 0. The smallest absolute Gasteiger partial charge is 0.0245 e. The van der Waals surface area contributed by atoms with E-state index < -0.39 is 0 Å². The fourth-order valence-corrected chi connectivity index (χ4v) is 2.15. The molecule has 0 amide bonds. The molecule has 0 spiro atoms. The van der Waals surface area contributed by atoms with E-state index >= 15 is 0 Å². The first-order valence-electron chi connectivity index (χ1n) is 5.11. The molecule has 1 heteroatoms. The average molecular weight is 177 g/mol. The Hall–Kier alpha value is -0.560. The molecule has 1 aliphatic heterocycles. The maximum atomic E-state index is 2.56. The van der Waals surface area contributed by atoms with Gasteiger partial charge in [-0.1, -0.05) is 11.6 Å². The van der Waals surface area contributed by atoms with E-state index in [-0.39, 0.29) is 0 Å². The zero-order valence-electron chi connectivity index (χ0n) is 9.15. The van der Waals surface area contributed by atoms with Crippen molar-refractivity contribution in [3.05, 3.63) is 22.8 Å². The molecule has 1 heterocycles. The molecule has 13 heavy (non-hydrogen) atoms. The lowest BCUT2D eigenvalue weighted by Crippen LogP contribution is -2.40. The third-order valence-electron chi connectivity index (χ3n) is 3.24. The second-order valence-corrected chi connectivity index (χ2v) is 5.20. The van der Waals surface area contributed by atoms with Crippen molar-refractivity contribution in [3.8, 4) is 0 Å². The Bertz CT molecular complexity index is 289. The molecule has 0 unspecified atom stereocenters. The number of allylic oxidation sites excluding steroid dienone is 1. The highest BCUT2D eigenvalue weighted by atomic mass is 15.2. The highest BCUT2D eigenvalue weighted by Crippen LogP contribution is 2.35. The SMILES string of the molecule is CC1=CCC2=C1CN(C(C)(C)C)C2. The van der Waals surface area contributed by atoms with Gasteiger partial charge in [-0.3, -0.25) is 4.90 Å². The summed E-state index contributed by atoms with van der Waals surface area (Å²) in [7, 11) is 0. The molecule has 2 aliphatic rings. The summed E-state index contributed by atoms with van der Waals surface area (Å²) in [5.41, 5.74) is 5.12. The third kappa shape index (κ3) is 1.46. The van der Waals surface area contributed by atoms with Crippen LogP contribution in [-0.2, 0) is 0 Å². The van der Waals surface area contributed by atoms with E-state index in [1.54, 1.807) is 11.1 Å². The highest BCUT2D eigenvalue weighted by molar-refractivity contribution is 5.45. The van der Waals surface area contributed by atoms with Crippen LogP contribution < -0.4 is 0 Å². The Labute approximate surface area is 81.1 Å². The number of hydrogen-bond acceptors (Lipinski definition) is 1. The first kappa shape index (κ1) is 9.01. The van der Waals surface area contributed by atoms with E-state index in [1.807, 2.05) is 0 Å². The van der Waals surface area contributed by atoms with Crippen LogP contribution in [0.25, 0.3) is 0 Å². The van der Waals surface area contributed by atoms with Crippen molar-refractivity contribution >= 4 is 0 Å². The molecule has 0 radical (unpaired) electrons. The minimum atomic E-state index is 0.324. The second kappa shape index (κ2) is 2.71. The highest BCUT2D eigenvalue weighted by Gasteiger charge is 2.31. The topological polar surface area (TPSA) is 3.24 Å². The van der Waals surface area contributed by atoms with Gasteiger partial charge in [0.05, 0.1) is 0 Å². The summed E-state index contributed by atoms with van der Waals surface area (Å²) in [6.07, 6.45) is 3.57. The third-order valence-corrected chi connectivity index (χ3v) is 3.24. The van der Waals surface area contributed by atoms with Crippen molar-refractivity contribution in [3.63, 3.8) is 0 Å². The molecule has 0 aromatic heterocycles. The van der Waals surface area contributed by atoms with Gasteiger partial charge in [-0.05, 0) is 45.3 Å². The Morgan fingerprint density at radius 3 is 2.46 bits per heavy atom. The normalized spacial score (nSPS) is 23.8. The van der Waals surface area contributed by atoms with Crippen molar-refractivity contribution in [1.82, 2.24) is 4.90 Å². The van der Waals surface area contributed by atoms with E-state index in [1.165, 1.54) is 25.1 Å². The summed E-state index contributed by atoms with van der Waals surface area (Å²) in [5, 5.41) is 0. The zero-order valence-corrected chi connectivity index (χ0v) is 9.15. The maximum Gasteiger partial charge on any atom is 0.0245 e. The van der Waals surface area contributed by atoms with Gasteiger partial charge >= 0.3 is 0 Å². The summed E-state index contributed by atoms with van der Waals surface area (Å²) in [4.78, 5) is 2.56. The lowest BCUT2D eigenvalue weighted by molar-refractivity contribution is 0.178. The number of hydrogen-bond donors (Lipinski definition) is 0. The second-order valence-electron chi connectivity index (χ2n) is 5.20. The van der Waals surface area contributed by atoms with E-state index in [0.29, 0.717) is 5.54 Å². The predicted octanol–water partition coefficient (Wildman–Crippen LogP) is 2.75. The van der Waals surface area contributed by atoms with Gasteiger partial charge in [0, 0.05) is 18.6 Å². The van der Waals surface area contributed by atoms with Gasteiger partial charge in [0.1, 0.15) is 0 Å². The van der Waals surface area contributed by atoms with Crippen LogP contribution in [0, 0.1) is 0 Å². The fourth-order valence-electron chi connectivity index (χ4n) is 2.15. The Morgan fingerprint density at radius 2 is 1.92 bits per heavy atom. The summed E-state index contributed by atoms with van der Waals surface area (Å²) in [6.45, 7) is 11.5. The Morgan fingerprint density at radius 1 is 1.23 bits per heavy atom. The van der Waals surface area contributed by atoms with E-state index in [9.17, 15) is 0 Å². The van der Waals surface area contributed by atoms with Crippen LogP contribution in [0.1, 0.15) is 34.1 Å². The molecule has 2 rings (SSSR count). The zero-order chi connectivity index (χ0) is 9.64. The monoisotopic (exact) mass is 177 g/mol. The first-order chi connectivity index (χ1) is 5.98. The molecule has 0 bridgehead atoms. The molecule has 0 fully saturated rings. The average Bonchev–Trinajstić information content (AvgIpc) is 2.51. The lowest BCUT2D eigenvalue weighted by Gasteiger charge is -2.32. The van der Waals surface area contributed by atoms with Crippen LogP contribution in [0.2, 0.25) is 0 Å². The number of nitrogens with zero attached hydrogens (tertiary/aromatic N) is 1. The molecule has 72 valence electrons. The van der Waals surface area contributed by atoms with Crippen molar-refractivity contribution in [2.45, 2.75) is 39.7 Å². The van der Waals surface area contributed by atoms with Gasteiger partial charge in [0.25, 0.3) is 0 Å². The summed E-state index contributed by atoms with van der Waals surface area (Å²) in [5.74, 6) is 0. The summed E-state index contributed by atoms with van der Waals surface area (Å²) >= 11 is 0. The van der Waals surface area contributed by atoms with Crippen molar-refractivity contribution in [2.75, 3.05) is 13.1 Å². The minimum absolute atomic E-state index is 0.324. The van der Waals surface area contributed by atoms with Crippen LogP contribution in [0.4, 0.5) is 0 Å². The van der Waals surface area contributed by atoms with Crippen molar-refractivity contribution in [2.24, 2.45) is 0 Å². The molecule has 1 aliphatic carbocycles. The quantitative estimate of drug-likeness (QED) is 0.550. The van der Waals surface area contributed by atoms with Gasteiger partial charge < -0.3 is 0 Å². The van der Waals surface area contributed by atoms with Gasteiger partial charge in [-0.15, -0.1) is 0 Å². The fraction of sp³-hybridized carbons (Fsp3) is 0.667. The minimum Gasteiger partial charge on any atom is -0.290 e. The standard InChI is InChI=1S/C12H19N/c1-9-5-6-10-7-13(8-11(9)10)12(2,3)4/h5H,6-8H2,1-4H3. The first-order valence-corrected chi connectivity index (χ1v) is 5.11. The maximum absolute atomic E-state index is 2.56. The van der Waals surface area contributed by atoms with Crippen LogP contribution in [0.3, 0.4) is 0 Å². The Balaban J connectivity index is 2.13. The van der Waals surface area contributed by atoms with Crippen LogP contribution in [0.15, 0.2) is 22.8 Å². The molecular formula is C12H19N. The van der Waals surface area contributed by atoms with Crippen LogP contribution >= 0.6 is 0 Å². The molecule has 0 aromatic rings. The molecule has 0 aromatic carbocycles. The lowest BCUT2D eigenvalue weighted by atomic mass is 10.1. The van der Waals surface area contributed by atoms with Gasteiger partial charge in [0.2, 0.25) is 0 Å². The molecule has 1 nitrogen and oxygen atoms in total. The molecule has 0 saturated heterocycles. The molecular weight excluding hydrogens is 158 g/mol. The molecule has 0 atom stereocenters.